The van der Waals surface area contributed by atoms with Crippen molar-refractivity contribution in [3.05, 3.63) is 30.1 Å². The molecule has 1 aliphatic heterocycles. The molecule has 0 aromatic carbocycles. The maximum atomic E-state index is 11.2. The van der Waals surface area contributed by atoms with E-state index in [-0.39, 0.29) is 18.3 Å². The maximum Gasteiger partial charge on any atom is 0.269 e. The highest BCUT2D eigenvalue weighted by atomic mass is 16.3. The van der Waals surface area contributed by atoms with Gasteiger partial charge in [-0.05, 0) is 25.0 Å². The fraction of sp³-hybridized carbons (Fsp3) is 0.333. The minimum atomic E-state index is -0.608. The molecule has 0 radical (unpaired) electrons. The number of amides is 1. The lowest BCUT2D eigenvalue weighted by Gasteiger charge is -2.23. The molecule has 1 atom stereocenters. The van der Waals surface area contributed by atoms with E-state index in [0.29, 0.717) is 17.6 Å². The lowest BCUT2D eigenvalue weighted by atomic mass is 10.2. The summed E-state index contributed by atoms with van der Waals surface area (Å²) >= 11 is 0. The maximum absolute atomic E-state index is 11.2. The van der Waals surface area contributed by atoms with Gasteiger partial charge in [-0.2, -0.15) is 10.1 Å². The largest absolute Gasteiger partial charge is 0.394 e. The number of rotatable bonds is 5. The number of H-pyrrole nitrogens is 1. The van der Waals surface area contributed by atoms with Crippen molar-refractivity contribution < 1.29 is 9.90 Å². The molecule has 5 N–H and O–H groups in total. The molecule has 0 bridgehead atoms. The molecule has 1 saturated heterocycles. The van der Waals surface area contributed by atoms with Gasteiger partial charge in [0, 0.05) is 18.8 Å². The SMILES string of the molecule is NC(=O)c1cc(Nc2nc(N3CCC[C@H]3CO)nn3cccc23)[nH]n1. The second-order valence-electron chi connectivity index (χ2n) is 5.93. The second kappa shape index (κ2) is 6.06. The summed E-state index contributed by atoms with van der Waals surface area (Å²) < 4.78 is 1.72. The molecule has 0 unspecified atom stereocenters. The van der Waals surface area contributed by atoms with Crippen LogP contribution in [0.25, 0.3) is 5.52 Å². The van der Waals surface area contributed by atoms with Gasteiger partial charge in [0.25, 0.3) is 5.91 Å². The van der Waals surface area contributed by atoms with Crippen molar-refractivity contribution in [2.24, 2.45) is 5.73 Å². The van der Waals surface area contributed by atoms with Crippen molar-refractivity contribution in [3.63, 3.8) is 0 Å². The number of nitrogens with two attached hydrogens (primary N) is 1. The van der Waals surface area contributed by atoms with Gasteiger partial charge in [-0.25, -0.2) is 4.52 Å². The van der Waals surface area contributed by atoms with Gasteiger partial charge in [-0.15, -0.1) is 5.10 Å². The predicted octanol–water partition coefficient (Wildman–Crippen LogP) is 0.256. The summed E-state index contributed by atoms with van der Waals surface area (Å²) in [6.45, 7) is 0.867. The molecule has 4 rings (SSSR count). The number of nitrogens with one attached hydrogen (secondary N) is 2. The number of primary amides is 1. The number of aliphatic hydroxyl groups excluding tert-OH is 1. The zero-order valence-corrected chi connectivity index (χ0v) is 13.4. The molecule has 3 aromatic heterocycles. The van der Waals surface area contributed by atoms with Crippen molar-refractivity contribution in [3.8, 4) is 0 Å². The van der Waals surface area contributed by atoms with Crippen LogP contribution in [0.15, 0.2) is 24.4 Å². The minimum absolute atomic E-state index is 0.0227. The number of aromatic nitrogens is 5. The smallest absolute Gasteiger partial charge is 0.269 e. The number of anilines is 3. The Morgan fingerprint density at radius 1 is 1.52 bits per heavy atom. The van der Waals surface area contributed by atoms with Gasteiger partial charge in [0.15, 0.2) is 11.5 Å². The summed E-state index contributed by atoms with van der Waals surface area (Å²) in [5, 5.41) is 23.8. The number of hydrogen-bond acceptors (Lipinski definition) is 7. The molecule has 1 amide bonds. The normalized spacial score (nSPS) is 17.3. The summed E-state index contributed by atoms with van der Waals surface area (Å²) in [5.41, 5.74) is 6.14. The zero-order chi connectivity index (χ0) is 17.4. The summed E-state index contributed by atoms with van der Waals surface area (Å²) in [4.78, 5) is 17.8. The Morgan fingerprint density at radius 3 is 3.16 bits per heavy atom. The zero-order valence-electron chi connectivity index (χ0n) is 13.4. The van der Waals surface area contributed by atoms with E-state index in [1.165, 1.54) is 6.07 Å². The highest BCUT2D eigenvalue weighted by molar-refractivity contribution is 5.91. The van der Waals surface area contributed by atoms with Crippen LogP contribution in [0.2, 0.25) is 0 Å². The van der Waals surface area contributed by atoms with Crippen LogP contribution in [-0.2, 0) is 0 Å². The van der Waals surface area contributed by atoms with E-state index in [0.717, 1.165) is 24.9 Å². The van der Waals surface area contributed by atoms with Crippen molar-refractivity contribution in [1.82, 2.24) is 24.8 Å². The molecule has 1 fully saturated rings. The number of nitrogens with zero attached hydrogens (tertiary/aromatic N) is 5. The number of hydrogen-bond donors (Lipinski definition) is 4. The molecule has 130 valence electrons. The molecule has 10 heteroatoms. The lowest BCUT2D eigenvalue weighted by Crippen LogP contribution is -2.34. The van der Waals surface area contributed by atoms with Crippen LogP contribution in [0.5, 0.6) is 0 Å². The molecule has 0 saturated carbocycles. The van der Waals surface area contributed by atoms with Crippen LogP contribution >= 0.6 is 0 Å². The molecule has 25 heavy (non-hydrogen) atoms. The van der Waals surface area contributed by atoms with E-state index in [4.69, 9.17) is 5.73 Å². The van der Waals surface area contributed by atoms with Gasteiger partial charge in [0.05, 0.1) is 12.6 Å². The fourth-order valence-corrected chi connectivity index (χ4v) is 3.07. The third-order valence-electron chi connectivity index (χ3n) is 4.31. The van der Waals surface area contributed by atoms with E-state index in [9.17, 15) is 9.90 Å². The predicted molar refractivity (Wildman–Crippen MR) is 90.8 cm³/mol. The quantitative estimate of drug-likeness (QED) is 0.521. The number of aromatic amines is 1. The van der Waals surface area contributed by atoms with E-state index < -0.39 is 5.91 Å². The van der Waals surface area contributed by atoms with E-state index in [1.807, 2.05) is 23.2 Å². The van der Waals surface area contributed by atoms with Gasteiger partial charge in [0.1, 0.15) is 11.3 Å². The Morgan fingerprint density at radius 2 is 2.40 bits per heavy atom. The molecule has 3 aromatic rings. The van der Waals surface area contributed by atoms with E-state index >= 15 is 0 Å². The third kappa shape index (κ3) is 2.76. The first-order valence-corrected chi connectivity index (χ1v) is 8.01. The Balaban J connectivity index is 1.71. The molecule has 0 aliphatic carbocycles. The first-order valence-electron chi connectivity index (χ1n) is 8.01. The average molecular weight is 342 g/mol. The Kier molecular flexibility index (Phi) is 3.73. The van der Waals surface area contributed by atoms with E-state index in [2.05, 4.69) is 25.6 Å². The van der Waals surface area contributed by atoms with Crippen molar-refractivity contribution in [2.75, 3.05) is 23.4 Å². The van der Waals surface area contributed by atoms with Gasteiger partial charge in [-0.3, -0.25) is 9.89 Å². The molecule has 0 spiro atoms. The standard InChI is InChI=1S/C15H18N8O2/c16-13(25)10-7-12(20-19-10)17-14-11-4-2-6-23(11)21-15(18-14)22-5-1-3-9(22)8-24/h2,4,6-7,9,24H,1,3,5,8H2,(H2,16,25)(H2,17,18,19,20,21)/t9-/m0/s1. The minimum Gasteiger partial charge on any atom is -0.394 e. The van der Waals surface area contributed by atoms with Gasteiger partial charge in [-0.1, -0.05) is 0 Å². The van der Waals surface area contributed by atoms with Crippen LogP contribution < -0.4 is 16.0 Å². The van der Waals surface area contributed by atoms with E-state index in [1.54, 1.807) is 4.52 Å². The summed E-state index contributed by atoms with van der Waals surface area (Å²) in [7, 11) is 0. The summed E-state index contributed by atoms with van der Waals surface area (Å²) in [6.07, 6.45) is 3.73. The van der Waals surface area contributed by atoms with Crippen LogP contribution in [-0.4, -0.2) is 55.0 Å². The Labute approximate surface area is 142 Å². The molecular formula is C15H18N8O2. The first-order chi connectivity index (χ1) is 12.2. The second-order valence-corrected chi connectivity index (χ2v) is 5.93. The highest BCUT2D eigenvalue weighted by Crippen LogP contribution is 2.26. The molecule has 1 aliphatic rings. The average Bonchev–Trinajstić information content (AvgIpc) is 3.34. The molecule has 10 nitrogen and oxygen atoms in total. The molecule has 4 heterocycles. The van der Waals surface area contributed by atoms with Crippen molar-refractivity contribution >= 4 is 29.0 Å². The third-order valence-corrected chi connectivity index (χ3v) is 4.31. The lowest BCUT2D eigenvalue weighted by molar-refractivity contribution is 0.0995. The van der Waals surface area contributed by atoms with Crippen molar-refractivity contribution in [2.45, 2.75) is 18.9 Å². The number of carbonyl (C=O) groups excluding carboxylic acids is 1. The van der Waals surface area contributed by atoms with Crippen LogP contribution in [0.4, 0.5) is 17.6 Å². The molecular weight excluding hydrogens is 324 g/mol. The van der Waals surface area contributed by atoms with Gasteiger partial charge >= 0.3 is 0 Å². The van der Waals surface area contributed by atoms with Crippen molar-refractivity contribution in [1.29, 1.82) is 0 Å². The highest BCUT2D eigenvalue weighted by Gasteiger charge is 2.27. The number of carbonyl (C=O) groups is 1. The van der Waals surface area contributed by atoms with Gasteiger partial charge in [0.2, 0.25) is 5.95 Å². The van der Waals surface area contributed by atoms with Gasteiger partial charge < -0.3 is 21.1 Å². The van der Waals surface area contributed by atoms with Crippen LogP contribution in [0.1, 0.15) is 23.3 Å². The fourth-order valence-electron chi connectivity index (χ4n) is 3.07. The summed E-state index contributed by atoms with van der Waals surface area (Å²) in [6, 6.07) is 5.30. The first kappa shape index (κ1) is 15.4. The Hall–Kier alpha value is -3.14. The number of fused-ring (bicyclic) bond motifs is 1. The number of aliphatic hydroxyl groups is 1. The summed E-state index contributed by atoms with van der Waals surface area (Å²) in [5.74, 6) is 1.00. The monoisotopic (exact) mass is 342 g/mol. The van der Waals surface area contributed by atoms with Crippen LogP contribution in [0.3, 0.4) is 0 Å². The Bertz CT molecular complexity index is 917. The van der Waals surface area contributed by atoms with Crippen LogP contribution in [0, 0.1) is 0 Å². The topological polar surface area (TPSA) is 137 Å².